The lowest BCUT2D eigenvalue weighted by Crippen LogP contribution is -2.41. The summed E-state index contributed by atoms with van der Waals surface area (Å²) in [5.74, 6) is 1.00. The van der Waals surface area contributed by atoms with E-state index in [2.05, 4.69) is 56.8 Å². The molecule has 3 N–H and O–H groups in total. The molecule has 1 aromatic carbocycles. The van der Waals surface area contributed by atoms with Crippen LogP contribution < -0.4 is 16.0 Å². The molecule has 0 atom stereocenters. The van der Waals surface area contributed by atoms with Crippen LogP contribution in [0.4, 0.5) is 11.6 Å². The Morgan fingerprint density at radius 3 is 2.45 bits per heavy atom. The maximum atomic E-state index is 5.54. The van der Waals surface area contributed by atoms with Gasteiger partial charge < -0.3 is 15.4 Å². The third-order valence-corrected chi connectivity index (χ3v) is 5.07. The molecular weight excluding hydrogens is 410 g/mol. The molecule has 0 unspecified atom stereocenters. The third-order valence-electron chi connectivity index (χ3n) is 4.86. The summed E-state index contributed by atoms with van der Waals surface area (Å²) in [6.07, 6.45) is 0. The Kier molecular flexibility index (Phi) is 8.27. The summed E-state index contributed by atoms with van der Waals surface area (Å²) in [6.45, 7) is 12.9. The fourth-order valence-electron chi connectivity index (χ4n) is 3.34. The largest absolute Gasteiger partial charge is 0.379 e. The van der Waals surface area contributed by atoms with Crippen LogP contribution in [0, 0.1) is 27.7 Å². The maximum absolute atomic E-state index is 5.54. The zero-order valence-electron chi connectivity index (χ0n) is 18.7. The van der Waals surface area contributed by atoms with Crippen molar-refractivity contribution in [2.45, 2.75) is 27.7 Å². The van der Waals surface area contributed by atoms with Crippen LogP contribution in [0.1, 0.15) is 22.5 Å². The van der Waals surface area contributed by atoms with Gasteiger partial charge in [-0.2, -0.15) is 0 Å². The number of hydrogen-bond acceptors (Lipinski definition) is 6. The molecule has 0 bridgehead atoms. The van der Waals surface area contributed by atoms with Crippen molar-refractivity contribution < 1.29 is 4.74 Å². The Balaban J connectivity index is 1.68. The highest BCUT2D eigenvalue weighted by molar-refractivity contribution is 7.80. The molecule has 3 rings (SSSR count). The van der Waals surface area contributed by atoms with E-state index in [9.17, 15) is 0 Å². The summed E-state index contributed by atoms with van der Waals surface area (Å²) in [4.78, 5) is 15.9. The van der Waals surface area contributed by atoms with Crippen molar-refractivity contribution in [1.82, 2.24) is 20.2 Å². The van der Waals surface area contributed by atoms with E-state index in [1.165, 1.54) is 5.56 Å². The van der Waals surface area contributed by atoms with E-state index in [1.54, 1.807) is 0 Å². The number of guanidine groups is 1. The van der Waals surface area contributed by atoms with Crippen LogP contribution in [0.15, 0.2) is 29.3 Å². The molecule has 0 aliphatic carbocycles. The van der Waals surface area contributed by atoms with E-state index in [4.69, 9.17) is 21.9 Å². The van der Waals surface area contributed by atoms with Gasteiger partial charge in [0.15, 0.2) is 5.11 Å². The molecule has 166 valence electrons. The van der Waals surface area contributed by atoms with Gasteiger partial charge in [-0.15, -0.1) is 0 Å². The standard InChI is InChI=1S/C22H31N7OS/c1-15-5-6-19(16(2)13-15)26-22(31)28-20(23-7-8-29-9-11-30-12-10-29)27-21-24-17(3)14-18(4)25-21/h5-6,13-14H,7-12H2,1-4H3,(H3,23,24,25,26,27,28,31). The number of aryl methyl sites for hydroxylation is 4. The molecule has 1 saturated heterocycles. The number of hydrogen-bond donors (Lipinski definition) is 3. The Bertz CT molecular complexity index is 921. The van der Waals surface area contributed by atoms with Crippen molar-refractivity contribution in [2.75, 3.05) is 50.0 Å². The summed E-state index contributed by atoms with van der Waals surface area (Å²) in [6, 6.07) is 8.12. The minimum absolute atomic E-state index is 0.453. The SMILES string of the molecule is Cc1ccc(NC(=S)NC(=NCCN2CCOCC2)Nc2nc(C)cc(C)n2)c(C)c1. The molecule has 1 aliphatic rings. The average molecular weight is 442 g/mol. The van der Waals surface area contributed by atoms with Gasteiger partial charge in [-0.05, 0) is 57.6 Å². The van der Waals surface area contributed by atoms with Gasteiger partial charge in [0, 0.05) is 36.7 Å². The highest BCUT2D eigenvalue weighted by Crippen LogP contribution is 2.15. The molecule has 2 heterocycles. The first-order valence-electron chi connectivity index (χ1n) is 10.5. The highest BCUT2D eigenvalue weighted by Gasteiger charge is 2.11. The van der Waals surface area contributed by atoms with Crippen LogP contribution in [0.5, 0.6) is 0 Å². The number of nitrogens with zero attached hydrogens (tertiary/aromatic N) is 4. The van der Waals surface area contributed by atoms with Crippen LogP contribution >= 0.6 is 12.2 Å². The second-order valence-electron chi connectivity index (χ2n) is 7.68. The zero-order chi connectivity index (χ0) is 22.2. The second kappa shape index (κ2) is 11.1. The molecule has 0 radical (unpaired) electrons. The number of aliphatic imine (C=N–C) groups is 1. The molecule has 31 heavy (non-hydrogen) atoms. The Morgan fingerprint density at radius 1 is 1.06 bits per heavy atom. The molecule has 1 fully saturated rings. The number of thiocarbonyl (C=S) groups is 1. The van der Waals surface area contributed by atoms with Gasteiger partial charge in [-0.1, -0.05) is 17.7 Å². The summed E-state index contributed by atoms with van der Waals surface area (Å²) in [5, 5.41) is 10.1. The minimum Gasteiger partial charge on any atom is -0.379 e. The normalized spacial score (nSPS) is 14.9. The van der Waals surface area contributed by atoms with Gasteiger partial charge in [-0.25, -0.2) is 9.97 Å². The van der Waals surface area contributed by atoms with Gasteiger partial charge in [0.2, 0.25) is 11.9 Å². The van der Waals surface area contributed by atoms with E-state index in [0.29, 0.717) is 23.6 Å². The number of aromatic nitrogens is 2. The number of ether oxygens (including phenoxy) is 1. The Morgan fingerprint density at radius 2 is 1.77 bits per heavy atom. The lowest BCUT2D eigenvalue weighted by molar-refractivity contribution is 0.0394. The lowest BCUT2D eigenvalue weighted by atomic mass is 10.1. The van der Waals surface area contributed by atoms with E-state index in [1.807, 2.05) is 26.0 Å². The topological polar surface area (TPSA) is 86.7 Å². The molecule has 1 aromatic heterocycles. The van der Waals surface area contributed by atoms with Crippen LogP contribution in [0.3, 0.4) is 0 Å². The van der Waals surface area contributed by atoms with E-state index in [0.717, 1.165) is 55.5 Å². The molecular formula is C22H31N7OS. The van der Waals surface area contributed by atoms with Crippen LogP contribution in [0.2, 0.25) is 0 Å². The van der Waals surface area contributed by atoms with Crippen molar-refractivity contribution in [2.24, 2.45) is 4.99 Å². The molecule has 2 aromatic rings. The quantitative estimate of drug-likeness (QED) is 0.371. The van der Waals surface area contributed by atoms with E-state index >= 15 is 0 Å². The van der Waals surface area contributed by atoms with Crippen LogP contribution in [0.25, 0.3) is 0 Å². The van der Waals surface area contributed by atoms with Gasteiger partial charge in [-0.3, -0.25) is 15.2 Å². The first-order valence-corrected chi connectivity index (χ1v) is 10.9. The number of nitrogens with one attached hydrogen (secondary N) is 3. The molecule has 0 amide bonds. The summed E-state index contributed by atoms with van der Waals surface area (Å²) >= 11 is 5.54. The summed E-state index contributed by atoms with van der Waals surface area (Å²) < 4.78 is 5.41. The first-order chi connectivity index (χ1) is 14.9. The van der Waals surface area contributed by atoms with E-state index in [-0.39, 0.29) is 0 Å². The van der Waals surface area contributed by atoms with Gasteiger partial charge in [0.05, 0.1) is 19.8 Å². The fraction of sp³-hybridized carbons (Fsp3) is 0.455. The number of rotatable bonds is 5. The highest BCUT2D eigenvalue weighted by atomic mass is 32.1. The second-order valence-corrected chi connectivity index (χ2v) is 8.09. The smallest absolute Gasteiger partial charge is 0.229 e. The Labute approximate surface area is 189 Å². The lowest BCUT2D eigenvalue weighted by Gasteiger charge is -2.25. The fourth-order valence-corrected chi connectivity index (χ4v) is 3.55. The van der Waals surface area contributed by atoms with Crippen molar-refractivity contribution >= 4 is 34.9 Å². The molecule has 8 nitrogen and oxygen atoms in total. The molecule has 9 heteroatoms. The number of morpholine rings is 1. The van der Waals surface area contributed by atoms with Crippen molar-refractivity contribution in [3.8, 4) is 0 Å². The third kappa shape index (κ3) is 7.54. The predicted octanol–water partition coefficient (Wildman–Crippen LogP) is 2.80. The van der Waals surface area contributed by atoms with Crippen molar-refractivity contribution in [3.63, 3.8) is 0 Å². The van der Waals surface area contributed by atoms with Crippen molar-refractivity contribution in [1.29, 1.82) is 0 Å². The number of benzene rings is 1. The molecule has 0 saturated carbocycles. The minimum atomic E-state index is 0.453. The first kappa shape index (κ1) is 23.1. The van der Waals surface area contributed by atoms with Gasteiger partial charge in [0.25, 0.3) is 0 Å². The summed E-state index contributed by atoms with van der Waals surface area (Å²) in [5.41, 5.74) is 5.07. The van der Waals surface area contributed by atoms with Gasteiger partial charge >= 0.3 is 0 Å². The van der Waals surface area contributed by atoms with Gasteiger partial charge in [0.1, 0.15) is 0 Å². The van der Waals surface area contributed by atoms with E-state index < -0.39 is 0 Å². The molecule has 1 aliphatic heterocycles. The number of anilines is 2. The van der Waals surface area contributed by atoms with Crippen molar-refractivity contribution in [3.05, 3.63) is 46.8 Å². The zero-order valence-corrected chi connectivity index (χ0v) is 19.5. The predicted molar refractivity (Wildman–Crippen MR) is 130 cm³/mol. The average Bonchev–Trinajstić information content (AvgIpc) is 2.70. The molecule has 0 spiro atoms. The van der Waals surface area contributed by atoms with Crippen LogP contribution in [-0.4, -0.2) is 65.3 Å². The maximum Gasteiger partial charge on any atom is 0.229 e. The monoisotopic (exact) mass is 441 g/mol. The Hall–Kier alpha value is -2.62. The van der Waals surface area contributed by atoms with Crippen LogP contribution in [-0.2, 0) is 4.74 Å². The summed E-state index contributed by atoms with van der Waals surface area (Å²) in [7, 11) is 0.